The van der Waals surface area contributed by atoms with Crippen LogP contribution in [0.15, 0.2) is 29.4 Å². The zero-order chi connectivity index (χ0) is 14.4. The van der Waals surface area contributed by atoms with Gasteiger partial charge in [-0.05, 0) is 30.7 Å². The largest absolute Gasteiger partial charge is 0.497 e. The van der Waals surface area contributed by atoms with Crippen LogP contribution >= 0.6 is 11.8 Å². The van der Waals surface area contributed by atoms with E-state index in [1.807, 2.05) is 24.3 Å². The number of nitrogens with two attached hydrogens (primary N) is 2. The summed E-state index contributed by atoms with van der Waals surface area (Å²) < 4.78 is 6.68. The van der Waals surface area contributed by atoms with Gasteiger partial charge in [-0.3, -0.25) is 0 Å². The number of thioether (sulfide) groups is 1. The molecule has 6 nitrogen and oxygen atoms in total. The molecule has 0 atom stereocenters. The quantitative estimate of drug-likeness (QED) is 0.450. The van der Waals surface area contributed by atoms with Gasteiger partial charge in [0.25, 0.3) is 0 Å². The van der Waals surface area contributed by atoms with Crippen molar-refractivity contribution in [3.63, 3.8) is 0 Å². The van der Waals surface area contributed by atoms with Gasteiger partial charge in [-0.2, -0.15) is 0 Å². The lowest BCUT2D eigenvalue weighted by Gasteiger charge is -2.04. The highest BCUT2D eigenvalue weighted by Gasteiger charge is 2.10. The average molecular weight is 293 g/mol. The highest BCUT2D eigenvalue weighted by molar-refractivity contribution is 7.99. The molecule has 2 aromatic rings. The Labute approximate surface area is 122 Å². The van der Waals surface area contributed by atoms with Gasteiger partial charge < -0.3 is 16.3 Å². The monoisotopic (exact) mass is 293 g/mol. The van der Waals surface area contributed by atoms with E-state index in [4.69, 9.17) is 16.3 Å². The molecule has 0 aliphatic heterocycles. The molecule has 0 amide bonds. The maximum Gasteiger partial charge on any atom is 0.209 e. The van der Waals surface area contributed by atoms with Crippen molar-refractivity contribution in [2.45, 2.75) is 18.0 Å². The molecule has 2 rings (SSSR count). The Bertz CT molecular complexity index is 540. The van der Waals surface area contributed by atoms with Crippen molar-refractivity contribution in [2.24, 2.45) is 5.73 Å². The van der Waals surface area contributed by atoms with Crippen LogP contribution in [-0.4, -0.2) is 34.3 Å². The van der Waals surface area contributed by atoms with Gasteiger partial charge in [0.2, 0.25) is 5.16 Å². The normalized spacial score (nSPS) is 10.7. The standard InChI is InChI=1S/C13H19N5OS/c1-19-11-5-3-10(4-6-11)9-12-16-17-13(18(12)15)20-8-2-7-14/h3-6H,2,7-9,14-15H2,1H3. The molecule has 0 bridgehead atoms. The molecule has 0 unspecified atom stereocenters. The highest BCUT2D eigenvalue weighted by Crippen LogP contribution is 2.18. The van der Waals surface area contributed by atoms with Crippen molar-refractivity contribution in [1.29, 1.82) is 0 Å². The first-order valence-electron chi connectivity index (χ1n) is 6.39. The van der Waals surface area contributed by atoms with Gasteiger partial charge in [0.05, 0.1) is 7.11 Å². The minimum atomic E-state index is 0.644. The Balaban J connectivity index is 2.01. The average Bonchev–Trinajstić information content (AvgIpc) is 2.81. The van der Waals surface area contributed by atoms with Crippen molar-refractivity contribution in [3.8, 4) is 5.75 Å². The molecule has 0 spiro atoms. The molecule has 0 fully saturated rings. The molecule has 1 aromatic heterocycles. The number of methoxy groups -OCH3 is 1. The fraction of sp³-hybridized carbons (Fsp3) is 0.385. The van der Waals surface area contributed by atoms with Crippen LogP contribution in [-0.2, 0) is 6.42 Å². The molecule has 7 heteroatoms. The van der Waals surface area contributed by atoms with E-state index in [9.17, 15) is 0 Å². The second-order valence-corrected chi connectivity index (χ2v) is 5.35. The molecule has 108 valence electrons. The lowest BCUT2D eigenvalue weighted by Crippen LogP contribution is -2.14. The lowest BCUT2D eigenvalue weighted by molar-refractivity contribution is 0.414. The van der Waals surface area contributed by atoms with Crippen molar-refractivity contribution in [3.05, 3.63) is 35.7 Å². The zero-order valence-electron chi connectivity index (χ0n) is 11.5. The second kappa shape index (κ2) is 7.16. The molecule has 1 aromatic carbocycles. The summed E-state index contributed by atoms with van der Waals surface area (Å²) in [5.74, 6) is 8.48. The molecule has 20 heavy (non-hydrogen) atoms. The first-order valence-corrected chi connectivity index (χ1v) is 7.38. The van der Waals surface area contributed by atoms with Crippen LogP contribution in [0.3, 0.4) is 0 Å². The van der Waals surface area contributed by atoms with Crippen molar-refractivity contribution in [1.82, 2.24) is 14.9 Å². The number of benzene rings is 1. The summed E-state index contributed by atoms with van der Waals surface area (Å²) in [6.07, 6.45) is 1.58. The summed E-state index contributed by atoms with van der Waals surface area (Å²) in [6, 6.07) is 7.83. The van der Waals surface area contributed by atoms with Gasteiger partial charge in [0.1, 0.15) is 5.75 Å². The van der Waals surface area contributed by atoms with E-state index in [1.54, 1.807) is 23.5 Å². The first-order chi connectivity index (χ1) is 9.74. The topological polar surface area (TPSA) is 92.0 Å². The Hall–Kier alpha value is -1.73. The maximum absolute atomic E-state index is 6.00. The van der Waals surface area contributed by atoms with Crippen LogP contribution in [0.25, 0.3) is 0 Å². The number of aromatic nitrogens is 3. The molecular weight excluding hydrogens is 274 g/mol. The van der Waals surface area contributed by atoms with Crippen LogP contribution in [0.4, 0.5) is 0 Å². The number of hydrogen-bond donors (Lipinski definition) is 2. The number of rotatable bonds is 7. The van der Waals surface area contributed by atoms with Gasteiger partial charge in [0, 0.05) is 12.2 Å². The highest BCUT2D eigenvalue weighted by atomic mass is 32.2. The Morgan fingerprint density at radius 2 is 2.00 bits per heavy atom. The fourth-order valence-electron chi connectivity index (χ4n) is 1.70. The van der Waals surface area contributed by atoms with E-state index in [0.717, 1.165) is 34.5 Å². The number of nitrogen functional groups attached to an aromatic ring is 1. The predicted molar refractivity (Wildman–Crippen MR) is 80.4 cm³/mol. The number of hydrogen-bond acceptors (Lipinski definition) is 6. The van der Waals surface area contributed by atoms with E-state index >= 15 is 0 Å². The molecular formula is C13H19N5OS. The van der Waals surface area contributed by atoms with Gasteiger partial charge in [-0.1, -0.05) is 23.9 Å². The summed E-state index contributed by atoms with van der Waals surface area (Å²) in [4.78, 5) is 0. The summed E-state index contributed by atoms with van der Waals surface area (Å²) in [5.41, 5.74) is 6.58. The predicted octanol–water partition coefficient (Wildman–Crippen LogP) is 1.03. The van der Waals surface area contributed by atoms with E-state index < -0.39 is 0 Å². The molecule has 4 N–H and O–H groups in total. The molecule has 0 saturated carbocycles. The molecule has 0 aliphatic carbocycles. The Morgan fingerprint density at radius 3 is 2.65 bits per heavy atom. The third-order valence-corrected chi connectivity index (χ3v) is 3.87. The van der Waals surface area contributed by atoms with Crippen LogP contribution in [0.2, 0.25) is 0 Å². The SMILES string of the molecule is COc1ccc(Cc2nnc(SCCCN)n2N)cc1. The third-order valence-electron chi connectivity index (χ3n) is 2.84. The minimum absolute atomic E-state index is 0.644. The summed E-state index contributed by atoms with van der Waals surface area (Å²) >= 11 is 1.57. The zero-order valence-corrected chi connectivity index (χ0v) is 12.3. The molecule has 0 aliphatic rings. The lowest BCUT2D eigenvalue weighted by atomic mass is 10.1. The van der Waals surface area contributed by atoms with E-state index in [2.05, 4.69) is 10.2 Å². The number of nitrogens with zero attached hydrogens (tertiary/aromatic N) is 3. The van der Waals surface area contributed by atoms with Crippen molar-refractivity contribution < 1.29 is 4.74 Å². The molecule has 1 heterocycles. The van der Waals surface area contributed by atoms with Gasteiger partial charge in [0.15, 0.2) is 5.82 Å². The van der Waals surface area contributed by atoms with Crippen LogP contribution in [0, 0.1) is 0 Å². The third kappa shape index (κ3) is 3.64. The summed E-state index contributed by atoms with van der Waals surface area (Å²) in [6.45, 7) is 0.671. The van der Waals surface area contributed by atoms with Crippen molar-refractivity contribution in [2.75, 3.05) is 25.3 Å². The minimum Gasteiger partial charge on any atom is -0.497 e. The molecule has 0 saturated heterocycles. The van der Waals surface area contributed by atoms with Gasteiger partial charge in [-0.25, -0.2) is 4.68 Å². The summed E-state index contributed by atoms with van der Waals surface area (Å²) in [7, 11) is 1.65. The van der Waals surface area contributed by atoms with Crippen LogP contribution in [0.1, 0.15) is 17.8 Å². The maximum atomic E-state index is 6.00. The van der Waals surface area contributed by atoms with Gasteiger partial charge >= 0.3 is 0 Å². The van der Waals surface area contributed by atoms with Crippen LogP contribution in [0.5, 0.6) is 5.75 Å². The molecule has 0 radical (unpaired) electrons. The fourth-order valence-corrected chi connectivity index (χ4v) is 2.54. The summed E-state index contributed by atoms with van der Waals surface area (Å²) in [5, 5.41) is 8.96. The Morgan fingerprint density at radius 1 is 1.25 bits per heavy atom. The second-order valence-electron chi connectivity index (χ2n) is 4.28. The Kier molecular flexibility index (Phi) is 5.25. The van der Waals surface area contributed by atoms with E-state index in [0.29, 0.717) is 13.0 Å². The van der Waals surface area contributed by atoms with E-state index in [-0.39, 0.29) is 0 Å². The van der Waals surface area contributed by atoms with Crippen molar-refractivity contribution >= 4 is 11.8 Å². The number of ether oxygens (including phenoxy) is 1. The first kappa shape index (κ1) is 14.7. The smallest absolute Gasteiger partial charge is 0.209 e. The van der Waals surface area contributed by atoms with E-state index in [1.165, 1.54) is 0 Å². The van der Waals surface area contributed by atoms with Crippen LogP contribution < -0.4 is 16.3 Å². The van der Waals surface area contributed by atoms with Gasteiger partial charge in [-0.15, -0.1) is 10.2 Å².